The molecule has 0 spiro atoms. The van der Waals surface area contributed by atoms with Crippen LogP contribution in [-0.2, 0) is 4.74 Å². The zero-order chi connectivity index (χ0) is 17.6. The molecule has 7 heteroatoms. The lowest BCUT2D eigenvalue weighted by atomic mass is 10.2. The Morgan fingerprint density at radius 1 is 1.36 bits per heavy atom. The van der Waals surface area contributed by atoms with E-state index in [1.165, 1.54) is 0 Å². The molecule has 1 atom stereocenters. The van der Waals surface area contributed by atoms with Crippen molar-refractivity contribution in [1.29, 1.82) is 0 Å². The van der Waals surface area contributed by atoms with E-state index in [9.17, 15) is 4.79 Å². The molecular formula is C18H20ClN3O3. The van der Waals surface area contributed by atoms with Crippen LogP contribution in [0.4, 0.5) is 11.4 Å². The van der Waals surface area contributed by atoms with Gasteiger partial charge in [0.25, 0.3) is 5.91 Å². The maximum Gasteiger partial charge on any atom is 0.274 e. The van der Waals surface area contributed by atoms with Gasteiger partial charge in [0.2, 0.25) is 0 Å². The van der Waals surface area contributed by atoms with Gasteiger partial charge in [-0.15, -0.1) is 0 Å². The molecule has 132 valence electrons. The molecule has 1 amide bonds. The first-order valence-corrected chi connectivity index (χ1v) is 8.50. The van der Waals surface area contributed by atoms with Gasteiger partial charge in [0.05, 0.1) is 18.2 Å². The van der Waals surface area contributed by atoms with Crippen molar-refractivity contribution in [3.8, 4) is 5.75 Å². The third-order valence-electron chi connectivity index (χ3n) is 3.96. The Morgan fingerprint density at radius 3 is 2.96 bits per heavy atom. The van der Waals surface area contributed by atoms with Gasteiger partial charge < -0.3 is 20.1 Å². The van der Waals surface area contributed by atoms with Gasteiger partial charge in [-0.05, 0) is 43.2 Å². The number of carbonyl (C=O) groups excluding carboxylic acids is 1. The second-order valence-corrected chi connectivity index (χ2v) is 6.16. The summed E-state index contributed by atoms with van der Waals surface area (Å²) in [6.45, 7) is 1.54. The minimum Gasteiger partial charge on any atom is -0.495 e. The van der Waals surface area contributed by atoms with Crippen molar-refractivity contribution in [1.82, 2.24) is 4.98 Å². The first-order chi connectivity index (χ1) is 12.2. The molecule has 1 saturated heterocycles. The number of hydrogen-bond acceptors (Lipinski definition) is 5. The highest BCUT2D eigenvalue weighted by Gasteiger charge is 2.15. The SMILES string of the molecule is COc1ccc(NC(=O)c2cc(NCC3CCCO3)ccn2)cc1Cl. The van der Waals surface area contributed by atoms with Crippen LogP contribution in [0, 0.1) is 0 Å². The Hall–Kier alpha value is -2.31. The molecular weight excluding hydrogens is 342 g/mol. The van der Waals surface area contributed by atoms with Crippen LogP contribution in [0.1, 0.15) is 23.3 Å². The number of rotatable bonds is 6. The fraction of sp³-hybridized carbons (Fsp3) is 0.333. The van der Waals surface area contributed by atoms with Crippen LogP contribution >= 0.6 is 11.6 Å². The van der Waals surface area contributed by atoms with E-state index in [4.69, 9.17) is 21.1 Å². The van der Waals surface area contributed by atoms with Crippen LogP contribution in [0.2, 0.25) is 5.02 Å². The summed E-state index contributed by atoms with van der Waals surface area (Å²) in [6.07, 6.45) is 3.99. The molecule has 1 aromatic heterocycles. The van der Waals surface area contributed by atoms with Crippen LogP contribution in [-0.4, -0.2) is 37.3 Å². The second kappa shape index (κ2) is 8.18. The minimum atomic E-state index is -0.304. The Labute approximate surface area is 151 Å². The molecule has 2 N–H and O–H groups in total. The number of nitrogens with one attached hydrogen (secondary N) is 2. The smallest absolute Gasteiger partial charge is 0.274 e. The number of pyridine rings is 1. The van der Waals surface area contributed by atoms with Crippen molar-refractivity contribution in [2.45, 2.75) is 18.9 Å². The fourth-order valence-electron chi connectivity index (χ4n) is 2.64. The maximum atomic E-state index is 12.4. The molecule has 25 heavy (non-hydrogen) atoms. The molecule has 1 aliphatic heterocycles. The third kappa shape index (κ3) is 4.61. The molecule has 2 heterocycles. The Balaban J connectivity index is 1.63. The number of carbonyl (C=O) groups is 1. The number of halogens is 1. The first kappa shape index (κ1) is 17.5. The first-order valence-electron chi connectivity index (χ1n) is 8.12. The van der Waals surface area contributed by atoms with Crippen molar-refractivity contribution in [2.75, 3.05) is 30.9 Å². The van der Waals surface area contributed by atoms with E-state index in [-0.39, 0.29) is 12.0 Å². The monoisotopic (exact) mass is 361 g/mol. The highest BCUT2D eigenvalue weighted by atomic mass is 35.5. The van der Waals surface area contributed by atoms with Gasteiger partial charge in [-0.25, -0.2) is 0 Å². The summed E-state index contributed by atoms with van der Waals surface area (Å²) in [5.41, 5.74) is 1.74. The molecule has 0 saturated carbocycles. The molecule has 1 aromatic carbocycles. The maximum absolute atomic E-state index is 12.4. The Kier molecular flexibility index (Phi) is 5.73. The van der Waals surface area contributed by atoms with E-state index in [0.717, 1.165) is 31.7 Å². The van der Waals surface area contributed by atoms with E-state index in [2.05, 4.69) is 15.6 Å². The van der Waals surface area contributed by atoms with Crippen molar-refractivity contribution in [3.63, 3.8) is 0 Å². The molecule has 1 fully saturated rings. The number of hydrogen-bond donors (Lipinski definition) is 2. The normalized spacial score (nSPS) is 16.5. The van der Waals surface area contributed by atoms with Crippen molar-refractivity contribution >= 4 is 28.9 Å². The molecule has 2 aromatic rings. The van der Waals surface area contributed by atoms with Crippen LogP contribution in [0.3, 0.4) is 0 Å². The Morgan fingerprint density at radius 2 is 2.24 bits per heavy atom. The number of ether oxygens (including phenoxy) is 2. The predicted octanol–water partition coefficient (Wildman–Crippen LogP) is 3.59. The van der Waals surface area contributed by atoms with Crippen molar-refractivity contribution < 1.29 is 14.3 Å². The van der Waals surface area contributed by atoms with Gasteiger partial charge in [-0.2, -0.15) is 0 Å². The number of nitrogens with zero attached hydrogens (tertiary/aromatic N) is 1. The summed E-state index contributed by atoms with van der Waals surface area (Å²) in [7, 11) is 1.54. The van der Waals surface area contributed by atoms with Crippen LogP contribution in [0.5, 0.6) is 5.75 Å². The average Bonchev–Trinajstić information content (AvgIpc) is 3.14. The van der Waals surface area contributed by atoms with Crippen molar-refractivity contribution in [2.24, 2.45) is 0 Å². The molecule has 0 bridgehead atoms. The van der Waals surface area contributed by atoms with Crippen LogP contribution < -0.4 is 15.4 Å². The average molecular weight is 362 g/mol. The topological polar surface area (TPSA) is 72.5 Å². The second-order valence-electron chi connectivity index (χ2n) is 5.75. The van der Waals surface area contributed by atoms with Gasteiger partial charge in [-0.1, -0.05) is 11.6 Å². The molecule has 1 aliphatic rings. The zero-order valence-electron chi connectivity index (χ0n) is 13.9. The lowest BCUT2D eigenvalue weighted by molar-refractivity contribution is 0.102. The number of amides is 1. The Bertz CT molecular complexity index is 748. The number of aromatic nitrogens is 1. The minimum absolute atomic E-state index is 0.229. The highest BCUT2D eigenvalue weighted by Crippen LogP contribution is 2.27. The van der Waals surface area contributed by atoms with Crippen LogP contribution in [0.25, 0.3) is 0 Å². The lowest BCUT2D eigenvalue weighted by Crippen LogP contribution is -2.19. The molecule has 0 radical (unpaired) electrons. The van der Waals surface area contributed by atoms with Gasteiger partial charge in [-0.3, -0.25) is 9.78 Å². The van der Waals surface area contributed by atoms with E-state index in [0.29, 0.717) is 22.2 Å². The van der Waals surface area contributed by atoms with Gasteiger partial charge in [0, 0.05) is 30.7 Å². The molecule has 0 aliphatic carbocycles. The number of benzene rings is 1. The summed E-state index contributed by atoms with van der Waals surface area (Å²) >= 11 is 6.07. The summed E-state index contributed by atoms with van der Waals surface area (Å²) < 4.78 is 10.7. The summed E-state index contributed by atoms with van der Waals surface area (Å²) in [5, 5.41) is 6.50. The summed E-state index contributed by atoms with van der Waals surface area (Å²) in [5.74, 6) is 0.250. The van der Waals surface area contributed by atoms with E-state index >= 15 is 0 Å². The van der Waals surface area contributed by atoms with E-state index in [1.54, 1.807) is 37.6 Å². The number of anilines is 2. The molecule has 6 nitrogen and oxygen atoms in total. The standard InChI is InChI=1S/C18H20ClN3O3/c1-24-17-5-4-13(9-15(17)19)22-18(23)16-10-12(6-7-20-16)21-11-14-3-2-8-25-14/h4-7,9-10,14H,2-3,8,11H2,1H3,(H,20,21)(H,22,23). The van der Waals surface area contributed by atoms with E-state index in [1.807, 2.05) is 6.07 Å². The van der Waals surface area contributed by atoms with Crippen LogP contribution in [0.15, 0.2) is 36.5 Å². The molecule has 1 unspecified atom stereocenters. The quantitative estimate of drug-likeness (QED) is 0.822. The molecule has 3 rings (SSSR count). The van der Waals surface area contributed by atoms with E-state index < -0.39 is 0 Å². The summed E-state index contributed by atoms with van der Waals surface area (Å²) in [6, 6.07) is 8.61. The zero-order valence-corrected chi connectivity index (χ0v) is 14.7. The number of methoxy groups -OCH3 is 1. The highest BCUT2D eigenvalue weighted by molar-refractivity contribution is 6.32. The lowest BCUT2D eigenvalue weighted by Gasteiger charge is -2.12. The predicted molar refractivity (Wildman–Crippen MR) is 97.7 cm³/mol. The summed E-state index contributed by atoms with van der Waals surface area (Å²) in [4.78, 5) is 16.5. The largest absolute Gasteiger partial charge is 0.495 e. The fourth-order valence-corrected chi connectivity index (χ4v) is 2.90. The van der Waals surface area contributed by atoms with Gasteiger partial charge >= 0.3 is 0 Å². The third-order valence-corrected chi connectivity index (χ3v) is 4.26. The van der Waals surface area contributed by atoms with Crippen molar-refractivity contribution in [3.05, 3.63) is 47.2 Å². The van der Waals surface area contributed by atoms with Gasteiger partial charge in [0.15, 0.2) is 0 Å². The van der Waals surface area contributed by atoms with Gasteiger partial charge in [0.1, 0.15) is 11.4 Å².